The monoisotopic (exact) mass is 351 g/mol. The zero-order valence-corrected chi connectivity index (χ0v) is 15.1. The number of nitrogens with zero attached hydrogens (tertiary/aromatic N) is 1. The molecule has 1 aliphatic rings. The second-order valence-corrected chi connectivity index (χ2v) is 6.43. The van der Waals surface area contributed by atoms with Crippen molar-refractivity contribution in [2.24, 2.45) is 11.8 Å². The number of phenols is 1. The molecule has 0 aromatic heterocycles. The molecule has 1 amide bonds. The van der Waals surface area contributed by atoms with Gasteiger partial charge in [-0.25, -0.2) is 5.84 Å². The summed E-state index contributed by atoms with van der Waals surface area (Å²) in [5.74, 6) is 5.07. The van der Waals surface area contributed by atoms with Gasteiger partial charge < -0.3 is 10.0 Å². The molecule has 136 valence electrons. The standard InChI is InChI=1S/C21H25N3O2/c1-3-24(4-2)16-11-10-15(18(25)13-16)12-17-19(20(17)21(26)23-22)14-8-6-5-7-9-14/h5-13,19-20,25H,3-4,22H2,1-2H3,(H,23,26)/t19?,20-/m0/s1. The van der Waals surface area contributed by atoms with E-state index in [-0.39, 0.29) is 23.5 Å². The van der Waals surface area contributed by atoms with Gasteiger partial charge in [0.2, 0.25) is 5.91 Å². The highest BCUT2D eigenvalue weighted by atomic mass is 16.3. The molecule has 5 nitrogen and oxygen atoms in total. The number of carbonyl (C=O) groups is 1. The van der Waals surface area contributed by atoms with Crippen molar-refractivity contribution < 1.29 is 9.90 Å². The lowest BCUT2D eigenvalue weighted by atomic mass is 10.1. The number of nitrogens with one attached hydrogen (secondary N) is 1. The highest BCUT2D eigenvalue weighted by Gasteiger charge is 2.49. The summed E-state index contributed by atoms with van der Waals surface area (Å²) in [5.41, 5.74) is 5.99. The van der Waals surface area contributed by atoms with E-state index in [9.17, 15) is 9.90 Å². The van der Waals surface area contributed by atoms with E-state index in [4.69, 9.17) is 5.84 Å². The Kier molecular flexibility index (Phi) is 5.28. The quantitative estimate of drug-likeness (QED) is 0.425. The van der Waals surface area contributed by atoms with Crippen molar-refractivity contribution in [3.8, 4) is 5.75 Å². The third kappa shape index (κ3) is 3.44. The van der Waals surface area contributed by atoms with Crippen LogP contribution in [0.4, 0.5) is 5.69 Å². The number of hydrogen-bond acceptors (Lipinski definition) is 4. The van der Waals surface area contributed by atoms with Gasteiger partial charge in [0.15, 0.2) is 0 Å². The van der Waals surface area contributed by atoms with Crippen LogP contribution in [0.15, 0.2) is 54.1 Å². The van der Waals surface area contributed by atoms with Crippen LogP contribution in [0.1, 0.15) is 30.9 Å². The Morgan fingerprint density at radius 3 is 2.46 bits per heavy atom. The Morgan fingerprint density at radius 1 is 1.19 bits per heavy atom. The van der Waals surface area contributed by atoms with E-state index in [0.29, 0.717) is 5.56 Å². The molecule has 2 atom stereocenters. The van der Waals surface area contributed by atoms with Crippen molar-refractivity contribution in [2.75, 3.05) is 18.0 Å². The topological polar surface area (TPSA) is 78.6 Å². The van der Waals surface area contributed by atoms with E-state index in [1.165, 1.54) is 0 Å². The van der Waals surface area contributed by atoms with Gasteiger partial charge >= 0.3 is 0 Å². The molecule has 2 aromatic rings. The van der Waals surface area contributed by atoms with Crippen LogP contribution in [0, 0.1) is 5.92 Å². The molecular weight excluding hydrogens is 326 g/mol. The van der Waals surface area contributed by atoms with E-state index < -0.39 is 0 Å². The molecule has 26 heavy (non-hydrogen) atoms. The molecule has 2 aromatic carbocycles. The Balaban J connectivity index is 1.91. The largest absolute Gasteiger partial charge is 0.507 e. The molecule has 1 saturated carbocycles. The number of hydrazine groups is 1. The number of nitrogens with two attached hydrogens (primary N) is 1. The van der Waals surface area contributed by atoms with E-state index in [0.717, 1.165) is 29.9 Å². The molecule has 3 rings (SSSR count). The second kappa shape index (κ2) is 7.62. The van der Waals surface area contributed by atoms with E-state index in [1.54, 1.807) is 6.07 Å². The van der Waals surface area contributed by atoms with Crippen LogP contribution in [0.25, 0.3) is 6.08 Å². The minimum absolute atomic E-state index is 0.00149. The smallest absolute Gasteiger partial charge is 0.242 e. The van der Waals surface area contributed by atoms with Gasteiger partial charge in [0, 0.05) is 36.3 Å². The fraction of sp³-hybridized carbons (Fsp3) is 0.286. The summed E-state index contributed by atoms with van der Waals surface area (Å²) in [4.78, 5) is 14.3. The number of phenolic OH excluding ortho intramolecular Hbond substituents is 1. The fourth-order valence-corrected chi connectivity index (χ4v) is 3.52. The first-order chi connectivity index (χ1) is 12.6. The molecule has 0 aliphatic heterocycles. The minimum atomic E-state index is -0.288. The van der Waals surface area contributed by atoms with Gasteiger partial charge in [-0.05, 0) is 37.1 Å². The Bertz CT molecular complexity index is 813. The van der Waals surface area contributed by atoms with Crippen molar-refractivity contribution >= 4 is 17.7 Å². The minimum Gasteiger partial charge on any atom is -0.507 e. The maximum Gasteiger partial charge on any atom is 0.242 e. The van der Waals surface area contributed by atoms with Gasteiger partial charge in [0.05, 0.1) is 5.92 Å². The Morgan fingerprint density at radius 2 is 1.88 bits per heavy atom. The third-order valence-electron chi connectivity index (χ3n) is 4.99. The molecule has 1 fully saturated rings. The summed E-state index contributed by atoms with van der Waals surface area (Å²) in [7, 11) is 0. The summed E-state index contributed by atoms with van der Waals surface area (Å²) in [5, 5.41) is 10.5. The van der Waals surface area contributed by atoms with Gasteiger partial charge in [0.25, 0.3) is 0 Å². The number of benzene rings is 2. The van der Waals surface area contributed by atoms with Gasteiger partial charge in [-0.3, -0.25) is 10.2 Å². The predicted molar refractivity (Wildman–Crippen MR) is 105 cm³/mol. The van der Waals surface area contributed by atoms with Crippen LogP contribution in [-0.2, 0) is 4.79 Å². The summed E-state index contributed by atoms with van der Waals surface area (Å²) in [6, 6.07) is 15.5. The van der Waals surface area contributed by atoms with E-state index in [1.807, 2.05) is 48.5 Å². The Labute approximate surface area is 154 Å². The first-order valence-corrected chi connectivity index (χ1v) is 8.95. The lowest BCUT2D eigenvalue weighted by Gasteiger charge is -2.21. The maximum atomic E-state index is 12.1. The number of anilines is 1. The number of aromatic hydroxyl groups is 1. The number of amides is 1. The first kappa shape index (κ1) is 18.0. The zero-order chi connectivity index (χ0) is 18.7. The molecule has 1 aliphatic carbocycles. The predicted octanol–water partition coefficient (Wildman–Crippen LogP) is 3.03. The third-order valence-corrected chi connectivity index (χ3v) is 4.99. The fourth-order valence-electron chi connectivity index (χ4n) is 3.52. The maximum absolute atomic E-state index is 12.1. The zero-order valence-electron chi connectivity index (χ0n) is 15.1. The summed E-state index contributed by atoms with van der Waals surface area (Å²) in [6.45, 7) is 5.93. The van der Waals surface area contributed by atoms with E-state index >= 15 is 0 Å². The number of carbonyl (C=O) groups excluding carboxylic acids is 1. The summed E-state index contributed by atoms with van der Waals surface area (Å²) >= 11 is 0. The molecular formula is C21H25N3O2. The summed E-state index contributed by atoms with van der Waals surface area (Å²) < 4.78 is 0. The van der Waals surface area contributed by atoms with Gasteiger partial charge in [-0.15, -0.1) is 0 Å². The normalized spacial score (nSPS) is 20.0. The number of hydrogen-bond donors (Lipinski definition) is 3. The van der Waals surface area contributed by atoms with Crippen LogP contribution < -0.4 is 16.2 Å². The molecule has 1 unspecified atom stereocenters. The number of rotatable bonds is 6. The molecule has 0 spiro atoms. The molecule has 4 N–H and O–H groups in total. The van der Waals surface area contributed by atoms with Crippen LogP contribution in [0.5, 0.6) is 5.75 Å². The molecule has 0 radical (unpaired) electrons. The van der Waals surface area contributed by atoms with Crippen molar-refractivity contribution in [3.05, 3.63) is 65.2 Å². The van der Waals surface area contributed by atoms with Crippen LogP contribution in [-0.4, -0.2) is 24.1 Å². The van der Waals surface area contributed by atoms with Crippen molar-refractivity contribution in [1.29, 1.82) is 0 Å². The highest BCUT2D eigenvalue weighted by molar-refractivity contribution is 5.91. The Hall–Kier alpha value is -2.79. The highest BCUT2D eigenvalue weighted by Crippen LogP contribution is 2.54. The molecule has 5 heteroatoms. The lowest BCUT2D eigenvalue weighted by molar-refractivity contribution is -0.122. The molecule has 0 bridgehead atoms. The van der Waals surface area contributed by atoms with Gasteiger partial charge in [-0.1, -0.05) is 36.4 Å². The van der Waals surface area contributed by atoms with Crippen molar-refractivity contribution in [3.63, 3.8) is 0 Å². The van der Waals surface area contributed by atoms with Gasteiger partial charge in [0.1, 0.15) is 5.75 Å². The lowest BCUT2D eigenvalue weighted by Crippen LogP contribution is -2.31. The summed E-state index contributed by atoms with van der Waals surface area (Å²) in [6.07, 6.45) is 1.90. The van der Waals surface area contributed by atoms with E-state index in [2.05, 4.69) is 24.2 Å². The SMILES string of the molecule is CCN(CC)c1ccc(C=C2C(c3ccccc3)[C@H]2C(=O)NN)c(O)c1. The van der Waals surface area contributed by atoms with Crippen LogP contribution in [0.3, 0.4) is 0 Å². The average molecular weight is 351 g/mol. The van der Waals surface area contributed by atoms with Crippen molar-refractivity contribution in [2.45, 2.75) is 19.8 Å². The molecule has 0 saturated heterocycles. The average Bonchev–Trinajstić information content (AvgIpc) is 3.38. The van der Waals surface area contributed by atoms with Crippen LogP contribution >= 0.6 is 0 Å². The molecule has 0 heterocycles. The van der Waals surface area contributed by atoms with Crippen molar-refractivity contribution in [1.82, 2.24) is 5.43 Å². The first-order valence-electron chi connectivity index (χ1n) is 8.95. The van der Waals surface area contributed by atoms with Gasteiger partial charge in [-0.2, -0.15) is 0 Å². The second-order valence-electron chi connectivity index (χ2n) is 6.43. The van der Waals surface area contributed by atoms with Crippen LogP contribution in [0.2, 0.25) is 0 Å².